The minimum absolute atomic E-state index is 0.0318. The number of rotatable bonds is 5. The summed E-state index contributed by atoms with van der Waals surface area (Å²) < 4.78 is 11.5. The fraction of sp³-hybridized carbons (Fsp3) is 0. The molecule has 2 heterocycles. The van der Waals surface area contributed by atoms with Gasteiger partial charge in [-0.05, 0) is 60.7 Å². The van der Waals surface area contributed by atoms with Crippen LogP contribution in [0.1, 0.15) is 22.6 Å². The summed E-state index contributed by atoms with van der Waals surface area (Å²) in [7, 11) is 0. The highest BCUT2D eigenvalue weighted by molar-refractivity contribution is 5.99. The lowest BCUT2D eigenvalue weighted by molar-refractivity contribution is 0.603. The van der Waals surface area contributed by atoms with E-state index in [2.05, 4.69) is 0 Å². The Morgan fingerprint density at radius 3 is 1.50 bits per heavy atom. The van der Waals surface area contributed by atoms with Gasteiger partial charge in [0.15, 0.2) is 0 Å². The molecule has 4 aromatic rings. The minimum Gasteiger partial charge on any atom is -0.457 e. The fourth-order valence-corrected chi connectivity index (χ4v) is 2.93. The number of fused-ring (bicyclic) bond motifs is 2. The Kier molecular flexibility index (Phi) is 4.29. The van der Waals surface area contributed by atoms with Crippen LogP contribution in [0.4, 0.5) is 0 Å². The smallest absolute Gasteiger partial charge is 0.134 e. The van der Waals surface area contributed by atoms with Gasteiger partial charge in [0, 0.05) is 21.9 Å². The molecule has 2 aromatic heterocycles. The van der Waals surface area contributed by atoms with Crippen LogP contribution in [0.2, 0.25) is 0 Å². The van der Waals surface area contributed by atoms with Crippen molar-refractivity contribution in [2.45, 2.75) is 0 Å². The SMILES string of the molecule is N=C(N)c1ccc2oc(/C=C/C=C/c3cc4cc(C(=N)N)ccc4o3)cc2c1. The molecule has 0 unspecified atom stereocenters. The molecule has 0 saturated heterocycles. The second-order valence-corrected chi connectivity index (χ2v) is 6.35. The molecule has 138 valence electrons. The van der Waals surface area contributed by atoms with E-state index in [1.807, 2.05) is 60.7 Å². The quantitative estimate of drug-likeness (QED) is 0.235. The first-order valence-corrected chi connectivity index (χ1v) is 8.60. The summed E-state index contributed by atoms with van der Waals surface area (Å²) in [5.41, 5.74) is 13.9. The molecule has 6 heteroatoms. The topological polar surface area (TPSA) is 126 Å². The highest BCUT2D eigenvalue weighted by atomic mass is 16.3. The zero-order valence-corrected chi connectivity index (χ0v) is 14.9. The second-order valence-electron chi connectivity index (χ2n) is 6.35. The van der Waals surface area contributed by atoms with Gasteiger partial charge >= 0.3 is 0 Å². The van der Waals surface area contributed by atoms with E-state index in [1.54, 1.807) is 12.1 Å². The van der Waals surface area contributed by atoms with Gasteiger partial charge < -0.3 is 20.3 Å². The van der Waals surface area contributed by atoms with E-state index >= 15 is 0 Å². The maximum Gasteiger partial charge on any atom is 0.134 e. The number of hydrogen-bond donors (Lipinski definition) is 4. The zero-order valence-electron chi connectivity index (χ0n) is 14.9. The second kappa shape index (κ2) is 6.92. The van der Waals surface area contributed by atoms with Gasteiger partial charge in [0.1, 0.15) is 34.4 Å². The van der Waals surface area contributed by atoms with Crippen molar-refractivity contribution in [1.82, 2.24) is 0 Å². The molecule has 0 aliphatic carbocycles. The predicted molar refractivity (Wildman–Crippen MR) is 113 cm³/mol. The van der Waals surface area contributed by atoms with Crippen molar-refractivity contribution in [1.29, 1.82) is 10.8 Å². The third-order valence-corrected chi connectivity index (χ3v) is 4.32. The van der Waals surface area contributed by atoms with Crippen LogP contribution in [0.25, 0.3) is 34.1 Å². The zero-order chi connectivity index (χ0) is 19.7. The van der Waals surface area contributed by atoms with Gasteiger partial charge in [0.2, 0.25) is 0 Å². The highest BCUT2D eigenvalue weighted by Crippen LogP contribution is 2.23. The summed E-state index contributed by atoms with van der Waals surface area (Å²) in [5, 5.41) is 16.8. The van der Waals surface area contributed by atoms with Gasteiger partial charge in [-0.15, -0.1) is 0 Å². The molecule has 6 nitrogen and oxygen atoms in total. The van der Waals surface area contributed by atoms with E-state index in [0.29, 0.717) is 22.6 Å². The van der Waals surface area contributed by atoms with Crippen molar-refractivity contribution in [2.24, 2.45) is 11.5 Å². The van der Waals surface area contributed by atoms with E-state index in [1.165, 1.54) is 0 Å². The van der Waals surface area contributed by atoms with Gasteiger partial charge in [0.25, 0.3) is 0 Å². The first-order chi connectivity index (χ1) is 13.5. The molecule has 28 heavy (non-hydrogen) atoms. The molecule has 2 aromatic carbocycles. The fourth-order valence-electron chi connectivity index (χ4n) is 2.93. The van der Waals surface area contributed by atoms with Crippen molar-refractivity contribution >= 4 is 45.8 Å². The number of nitrogen functional groups attached to an aromatic ring is 2. The molecule has 0 spiro atoms. The molecule has 0 fully saturated rings. The number of nitrogens with two attached hydrogens (primary N) is 2. The lowest BCUT2D eigenvalue weighted by Gasteiger charge is -1.95. The van der Waals surface area contributed by atoms with E-state index < -0.39 is 0 Å². The van der Waals surface area contributed by atoms with Gasteiger partial charge in [0.05, 0.1) is 0 Å². The van der Waals surface area contributed by atoms with Crippen molar-refractivity contribution in [3.63, 3.8) is 0 Å². The first kappa shape index (κ1) is 17.4. The van der Waals surface area contributed by atoms with Crippen LogP contribution in [0.15, 0.2) is 69.5 Å². The summed E-state index contributed by atoms with van der Waals surface area (Å²) in [6.07, 6.45) is 7.41. The van der Waals surface area contributed by atoms with Crippen LogP contribution < -0.4 is 11.5 Å². The van der Waals surface area contributed by atoms with E-state index in [9.17, 15) is 0 Å². The summed E-state index contributed by atoms with van der Waals surface area (Å²) in [5.74, 6) is 1.47. The number of allylic oxidation sites excluding steroid dienone is 2. The Labute approximate surface area is 160 Å². The number of amidine groups is 2. The summed E-state index contributed by atoms with van der Waals surface area (Å²) >= 11 is 0. The molecule has 0 aliphatic heterocycles. The molecule has 0 saturated carbocycles. The Morgan fingerprint density at radius 1 is 0.679 bits per heavy atom. The number of hydrogen-bond acceptors (Lipinski definition) is 4. The Bertz CT molecular complexity index is 1170. The van der Waals surface area contributed by atoms with Crippen LogP contribution in [0.3, 0.4) is 0 Å². The predicted octanol–water partition coefficient (Wildman–Crippen LogP) is 4.47. The molecule has 4 rings (SSSR count). The highest BCUT2D eigenvalue weighted by Gasteiger charge is 2.05. The van der Waals surface area contributed by atoms with E-state index in [4.69, 9.17) is 31.1 Å². The standard InChI is InChI=1S/C22H18N4O2/c23-21(24)13-5-7-19-15(9-13)11-17(27-19)3-1-2-4-18-12-16-10-14(22(25)26)6-8-20(16)28-18/h1-12H,(H3,23,24)(H3,25,26)/b3-1+,4-2+. The molecule has 0 bridgehead atoms. The number of furan rings is 2. The third kappa shape index (κ3) is 3.43. The maximum absolute atomic E-state index is 7.51. The molecule has 0 radical (unpaired) electrons. The van der Waals surface area contributed by atoms with Crippen LogP contribution in [-0.2, 0) is 0 Å². The maximum atomic E-state index is 7.51. The average molecular weight is 370 g/mol. The minimum atomic E-state index is 0.0318. The largest absolute Gasteiger partial charge is 0.457 e. The lowest BCUT2D eigenvalue weighted by Crippen LogP contribution is -2.10. The summed E-state index contributed by atoms with van der Waals surface area (Å²) in [4.78, 5) is 0. The number of nitrogens with one attached hydrogen (secondary N) is 2. The summed E-state index contributed by atoms with van der Waals surface area (Å²) in [6, 6.07) is 14.6. The van der Waals surface area contributed by atoms with Crippen LogP contribution in [0.5, 0.6) is 0 Å². The summed E-state index contributed by atoms with van der Waals surface area (Å²) in [6.45, 7) is 0. The van der Waals surface area contributed by atoms with Gasteiger partial charge in [-0.1, -0.05) is 12.2 Å². The Balaban J connectivity index is 1.52. The van der Waals surface area contributed by atoms with Gasteiger partial charge in [-0.3, -0.25) is 10.8 Å². The van der Waals surface area contributed by atoms with Gasteiger partial charge in [-0.2, -0.15) is 0 Å². The average Bonchev–Trinajstić information content (AvgIpc) is 3.26. The molecular formula is C22H18N4O2. The lowest BCUT2D eigenvalue weighted by atomic mass is 10.1. The van der Waals surface area contributed by atoms with E-state index in [-0.39, 0.29) is 11.7 Å². The third-order valence-electron chi connectivity index (χ3n) is 4.32. The Hall–Kier alpha value is -4.06. The van der Waals surface area contributed by atoms with Crippen LogP contribution in [0, 0.1) is 10.8 Å². The van der Waals surface area contributed by atoms with Gasteiger partial charge in [-0.25, -0.2) is 0 Å². The van der Waals surface area contributed by atoms with Crippen molar-refractivity contribution in [3.8, 4) is 0 Å². The molecule has 0 atom stereocenters. The van der Waals surface area contributed by atoms with Crippen LogP contribution >= 0.6 is 0 Å². The molecule has 0 aliphatic rings. The number of benzene rings is 2. The van der Waals surface area contributed by atoms with E-state index in [0.717, 1.165) is 21.9 Å². The van der Waals surface area contributed by atoms with Crippen molar-refractivity contribution in [3.05, 3.63) is 83.3 Å². The Morgan fingerprint density at radius 2 is 1.11 bits per heavy atom. The molecular weight excluding hydrogens is 352 g/mol. The van der Waals surface area contributed by atoms with Crippen molar-refractivity contribution < 1.29 is 8.83 Å². The normalized spacial score (nSPS) is 11.9. The molecule has 0 amide bonds. The molecule has 6 N–H and O–H groups in total. The monoisotopic (exact) mass is 370 g/mol. The van der Waals surface area contributed by atoms with Crippen molar-refractivity contribution in [2.75, 3.05) is 0 Å². The van der Waals surface area contributed by atoms with Crippen LogP contribution in [-0.4, -0.2) is 11.7 Å². The first-order valence-electron chi connectivity index (χ1n) is 8.60.